The highest BCUT2D eigenvalue weighted by molar-refractivity contribution is 6.33. The minimum atomic E-state index is 0.994. The molecular formula is C37H22N4. The largest absolute Gasteiger partial charge is 0.354 e. The van der Waals surface area contributed by atoms with E-state index in [1.54, 1.807) is 0 Å². The van der Waals surface area contributed by atoms with Crippen LogP contribution in [0.25, 0.3) is 87.7 Å². The molecule has 4 heteroatoms. The van der Waals surface area contributed by atoms with Crippen molar-refractivity contribution in [3.05, 3.63) is 127 Å². The Morgan fingerprint density at radius 3 is 2.10 bits per heavy atom. The lowest BCUT2D eigenvalue weighted by molar-refractivity contribution is 1.18. The smallest absolute Gasteiger partial charge is 0.147 e. The molecule has 0 saturated heterocycles. The number of para-hydroxylation sites is 5. The van der Waals surface area contributed by atoms with Crippen molar-refractivity contribution in [3.63, 3.8) is 0 Å². The molecule has 190 valence electrons. The van der Waals surface area contributed by atoms with Gasteiger partial charge in [-0.3, -0.25) is 4.40 Å². The first-order valence-electron chi connectivity index (χ1n) is 14.0. The lowest BCUT2D eigenvalue weighted by Crippen LogP contribution is -1.95. The fraction of sp³-hybridized carbons (Fsp3) is 0. The third-order valence-electron chi connectivity index (χ3n) is 8.79. The Kier molecular flexibility index (Phi) is 3.90. The van der Waals surface area contributed by atoms with Crippen molar-refractivity contribution in [1.82, 2.24) is 18.9 Å². The summed E-state index contributed by atoms with van der Waals surface area (Å²) >= 11 is 0. The van der Waals surface area contributed by atoms with Crippen molar-refractivity contribution in [2.24, 2.45) is 0 Å². The van der Waals surface area contributed by atoms with Crippen LogP contribution >= 0.6 is 0 Å². The van der Waals surface area contributed by atoms with Crippen molar-refractivity contribution in [3.8, 4) is 5.69 Å². The summed E-state index contributed by atoms with van der Waals surface area (Å²) < 4.78 is 4.79. The maximum absolute atomic E-state index is 5.35. The first-order valence-corrected chi connectivity index (χ1v) is 14.0. The van der Waals surface area contributed by atoms with Gasteiger partial charge < -0.3 is 9.55 Å². The number of nitrogens with zero attached hydrogens (tertiary/aromatic N) is 3. The quantitative estimate of drug-likeness (QED) is 0.214. The maximum atomic E-state index is 5.35. The molecule has 0 radical (unpaired) electrons. The summed E-state index contributed by atoms with van der Waals surface area (Å²) in [4.78, 5) is 9.01. The molecule has 0 atom stereocenters. The number of benzene rings is 6. The third-order valence-corrected chi connectivity index (χ3v) is 8.79. The van der Waals surface area contributed by atoms with Crippen LogP contribution in [0.4, 0.5) is 0 Å². The van der Waals surface area contributed by atoms with E-state index in [-0.39, 0.29) is 0 Å². The molecule has 0 aliphatic heterocycles. The van der Waals surface area contributed by atoms with E-state index in [1.807, 2.05) is 0 Å². The second-order valence-corrected chi connectivity index (χ2v) is 10.9. The topological polar surface area (TPSA) is 38.0 Å². The van der Waals surface area contributed by atoms with Crippen molar-refractivity contribution < 1.29 is 0 Å². The number of imidazole rings is 1. The molecule has 0 amide bonds. The minimum absolute atomic E-state index is 0.994. The average molecular weight is 523 g/mol. The zero-order valence-corrected chi connectivity index (χ0v) is 22.0. The van der Waals surface area contributed by atoms with Gasteiger partial charge in [-0.1, -0.05) is 78.9 Å². The highest BCUT2D eigenvalue weighted by Gasteiger charge is 2.22. The number of pyridine rings is 1. The molecule has 0 aliphatic rings. The highest BCUT2D eigenvalue weighted by atomic mass is 15.0. The zero-order chi connectivity index (χ0) is 26.7. The van der Waals surface area contributed by atoms with Crippen LogP contribution in [0.1, 0.15) is 0 Å². The van der Waals surface area contributed by atoms with Gasteiger partial charge in [0.1, 0.15) is 5.65 Å². The van der Waals surface area contributed by atoms with Gasteiger partial charge >= 0.3 is 0 Å². The SMILES string of the molecule is c1ccc(-n2c3ccccc3c3c4c(ccc32)c2ccc3[nH]c5ccccc5c3c2n2c3ccccc3nc42)cc1. The molecule has 0 bridgehead atoms. The van der Waals surface area contributed by atoms with Crippen LogP contribution in [0.3, 0.4) is 0 Å². The van der Waals surface area contributed by atoms with Gasteiger partial charge in [-0.15, -0.1) is 0 Å². The Balaban J connectivity index is 1.54. The van der Waals surface area contributed by atoms with Crippen LogP contribution in [-0.2, 0) is 0 Å². The molecule has 0 saturated carbocycles. The molecule has 4 nitrogen and oxygen atoms in total. The number of nitrogens with one attached hydrogen (secondary N) is 1. The standard InChI is InChI=1S/C37H22N4/c1-2-10-22(11-3-1)40-30-16-8-5-13-26(30)34-32(40)21-19-23-24-18-20-29-33(25-12-4-6-14-27(25)38-29)36(24)41-31-17-9-7-15-28(31)39-37(41)35(23)34/h1-21,38H. The Morgan fingerprint density at radius 1 is 0.463 bits per heavy atom. The first-order chi connectivity index (χ1) is 20.4. The van der Waals surface area contributed by atoms with E-state index in [1.165, 1.54) is 54.3 Å². The predicted octanol–water partition coefficient (Wildman–Crippen LogP) is 9.53. The van der Waals surface area contributed by atoms with Gasteiger partial charge in [-0.2, -0.15) is 0 Å². The van der Waals surface area contributed by atoms with Gasteiger partial charge in [-0.25, -0.2) is 4.98 Å². The first kappa shape index (κ1) is 21.2. The summed E-state index contributed by atoms with van der Waals surface area (Å²) in [6, 6.07) is 45.6. The van der Waals surface area contributed by atoms with E-state index in [0.29, 0.717) is 0 Å². The lowest BCUT2D eigenvalue weighted by atomic mass is 9.99. The average Bonchev–Trinajstić information content (AvgIpc) is 3.71. The number of H-pyrrole nitrogens is 1. The molecule has 41 heavy (non-hydrogen) atoms. The molecule has 0 aliphatic carbocycles. The number of hydrogen-bond acceptors (Lipinski definition) is 1. The highest BCUT2D eigenvalue weighted by Crippen LogP contribution is 2.44. The van der Waals surface area contributed by atoms with Crippen molar-refractivity contribution in [2.45, 2.75) is 0 Å². The molecule has 0 spiro atoms. The van der Waals surface area contributed by atoms with Crippen LogP contribution in [0.15, 0.2) is 127 Å². The lowest BCUT2D eigenvalue weighted by Gasteiger charge is -2.13. The normalized spacial score (nSPS) is 12.4. The summed E-state index contributed by atoms with van der Waals surface area (Å²) in [6.45, 7) is 0. The fourth-order valence-corrected chi connectivity index (χ4v) is 7.17. The Hall–Kier alpha value is -5.61. The van der Waals surface area contributed by atoms with Gasteiger partial charge in [0.15, 0.2) is 0 Å². The fourth-order valence-electron chi connectivity index (χ4n) is 7.17. The van der Waals surface area contributed by atoms with E-state index in [2.05, 4.69) is 141 Å². The number of fused-ring (bicyclic) bond motifs is 16. The molecule has 4 aromatic heterocycles. The van der Waals surface area contributed by atoms with Crippen molar-refractivity contribution in [2.75, 3.05) is 0 Å². The van der Waals surface area contributed by atoms with Gasteiger partial charge in [0.2, 0.25) is 0 Å². The number of aromatic nitrogens is 4. The van der Waals surface area contributed by atoms with Crippen LogP contribution in [0, 0.1) is 0 Å². The molecule has 6 aromatic carbocycles. The molecule has 10 aromatic rings. The number of aromatic amines is 1. The minimum Gasteiger partial charge on any atom is -0.354 e. The summed E-state index contributed by atoms with van der Waals surface area (Å²) in [5.74, 6) is 0. The summed E-state index contributed by atoms with van der Waals surface area (Å²) in [5, 5.41) is 8.58. The second kappa shape index (κ2) is 7.52. The van der Waals surface area contributed by atoms with Crippen LogP contribution < -0.4 is 0 Å². The molecule has 0 fully saturated rings. The molecule has 1 N–H and O–H groups in total. The van der Waals surface area contributed by atoms with E-state index in [4.69, 9.17) is 4.98 Å². The van der Waals surface area contributed by atoms with Crippen LogP contribution in [-0.4, -0.2) is 18.9 Å². The van der Waals surface area contributed by atoms with Gasteiger partial charge in [-0.05, 0) is 53.9 Å². The van der Waals surface area contributed by atoms with E-state index < -0.39 is 0 Å². The van der Waals surface area contributed by atoms with Crippen LogP contribution in [0.5, 0.6) is 0 Å². The zero-order valence-electron chi connectivity index (χ0n) is 22.0. The molecular weight excluding hydrogens is 500 g/mol. The van der Waals surface area contributed by atoms with Crippen LogP contribution in [0.2, 0.25) is 0 Å². The third kappa shape index (κ3) is 2.62. The summed E-state index contributed by atoms with van der Waals surface area (Å²) in [7, 11) is 0. The van der Waals surface area contributed by atoms with Crippen molar-refractivity contribution >= 4 is 82.0 Å². The Labute approximate surface area is 233 Å². The summed E-state index contributed by atoms with van der Waals surface area (Å²) in [5.41, 5.74) is 10.1. The Bertz CT molecular complexity index is 2690. The second-order valence-electron chi connectivity index (χ2n) is 10.9. The maximum Gasteiger partial charge on any atom is 0.147 e. The van der Waals surface area contributed by atoms with Gasteiger partial charge in [0.05, 0.1) is 27.6 Å². The number of hydrogen-bond donors (Lipinski definition) is 1. The summed E-state index contributed by atoms with van der Waals surface area (Å²) in [6.07, 6.45) is 0. The van der Waals surface area contributed by atoms with Crippen molar-refractivity contribution in [1.29, 1.82) is 0 Å². The van der Waals surface area contributed by atoms with Gasteiger partial charge in [0, 0.05) is 49.0 Å². The number of rotatable bonds is 1. The van der Waals surface area contributed by atoms with E-state index >= 15 is 0 Å². The molecule has 4 heterocycles. The Morgan fingerprint density at radius 2 is 1.20 bits per heavy atom. The monoisotopic (exact) mass is 522 g/mol. The van der Waals surface area contributed by atoms with E-state index in [0.717, 1.165) is 33.4 Å². The molecule has 0 unspecified atom stereocenters. The predicted molar refractivity (Wildman–Crippen MR) is 171 cm³/mol. The van der Waals surface area contributed by atoms with Gasteiger partial charge in [0.25, 0.3) is 0 Å². The molecule has 10 rings (SSSR count). The van der Waals surface area contributed by atoms with E-state index in [9.17, 15) is 0 Å².